The molecule has 0 bridgehead atoms. The van der Waals surface area contributed by atoms with Crippen molar-refractivity contribution in [3.05, 3.63) is 29.8 Å². The zero-order valence-electron chi connectivity index (χ0n) is 17.7. The van der Waals surface area contributed by atoms with Crippen molar-refractivity contribution in [1.29, 1.82) is 0 Å². The Bertz CT molecular complexity index is 849. The number of nitrogens with one attached hydrogen (secondary N) is 2. The fourth-order valence-electron chi connectivity index (χ4n) is 2.60. The second-order valence-corrected chi connectivity index (χ2v) is 8.90. The predicted octanol–water partition coefficient (Wildman–Crippen LogP) is 0.00932. The molecule has 1 rings (SSSR count). The van der Waals surface area contributed by atoms with Gasteiger partial charge in [-0.3, -0.25) is 9.79 Å². The van der Waals surface area contributed by atoms with Crippen LogP contribution in [0.1, 0.15) is 32.3 Å². The van der Waals surface area contributed by atoms with Gasteiger partial charge in [0.05, 0.1) is 12.0 Å². The minimum atomic E-state index is -3.97. The summed E-state index contributed by atoms with van der Waals surface area (Å²) in [6.45, 7) is 5.55. The third-order valence-electron chi connectivity index (χ3n) is 4.31. The number of aryl methyl sites for hydroxylation is 1. The topological polar surface area (TPSA) is 166 Å². The minimum absolute atomic E-state index is 0.0310. The molecule has 30 heavy (non-hydrogen) atoms. The first-order chi connectivity index (χ1) is 14.0. The van der Waals surface area contributed by atoms with Gasteiger partial charge in [0.1, 0.15) is 12.1 Å². The molecule has 1 amide bonds. The fourth-order valence-corrected chi connectivity index (χ4v) is 3.83. The number of esters is 1. The van der Waals surface area contributed by atoms with E-state index in [1.54, 1.807) is 26.0 Å². The summed E-state index contributed by atoms with van der Waals surface area (Å²) in [5.41, 5.74) is 11.5. The van der Waals surface area contributed by atoms with Crippen molar-refractivity contribution in [2.24, 2.45) is 22.4 Å². The molecule has 0 fully saturated rings. The molecule has 2 atom stereocenters. The van der Waals surface area contributed by atoms with Gasteiger partial charge in [0.25, 0.3) is 0 Å². The van der Waals surface area contributed by atoms with Crippen LogP contribution in [-0.2, 0) is 24.3 Å². The molecule has 1 aromatic carbocycles. The highest BCUT2D eigenvalue weighted by atomic mass is 32.2. The number of benzene rings is 1. The van der Waals surface area contributed by atoms with Crippen LogP contribution in [0.2, 0.25) is 0 Å². The van der Waals surface area contributed by atoms with E-state index in [4.69, 9.17) is 16.2 Å². The van der Waals surface area contributed by atoms with Gasteiger partial charge in [-0.2, -0.15) is 4.72 Å². The first kappa shape index (κ1) is 25.4. The van der Waals surface area contributed by atoms with E-state index in [-0.39, 0.29) is 29.7 Å². The van der Waals surface area contributed by atoms with Gasteiger partial charge in [-0.05, 0) is 37.8 Å². The number of hydrogen-bond acceptors (Lipinski definition) is 6. The Morgan fingerprint density at radius 3 is 2.27 bits per heavy atom. The molecular weight excluding hydrogens is 410 g/mol. The average molecular weight is 442 g/mol. The lowest BCUT2D eigenvalue weighted by atomic mass is 10.0. The number of nitrogens with two attached hydrogens (primary N) is 2. The van der Waals surface area contributed by atoms with E-state index in [1.165, 1.54) is 19.2 Å². The van der Waals surface area contributed by atoms with Gasteiger partial charge >= 0.3 is 5.97 Å². The zero-order valence-corrected chi connectivity index (χ0v) is 18.5. The van der Waals surface area contributed by atoms with Crippen LogP contribution in [0.4, 0.5) is 0 Å². The maximum absolute atomic E-state index is 12.8. The monoisotopic (exact) mass is 441 g/mol. The first-order valence-electron chi connectivity index (χ1n) is 9.50. The van der Waals surface area contributed by atoms with Gasteiger partial charge in [0.15, 0.2) is 5.96 Å². The lowest BCUT2D eigenvalue weighted by Gasteiger charge is -2.24. The van der Waals surface area contributed by atoms with E-state index in [1.807, 2.05) is 6.92 Å². The molecule has 168 valence electrons. The van der Waals surface area contributed by atoms with Gasteiger partial charge < -0.3 is 21.5 Å². The number of hydrogen-bond donors (Lipinski definition) is 4. The largest absolute Gasteiger partial charge is 0.467 e. The molecule has 0 spiro atoms. The predicted molar refractivity (Wildman–Crippen MR) is 114 cm³/mol. The van der Waals surface area contributed by atoms with Gasteiger partial charge in [0.2, 0.25) is 15.9 Å². The summed E-state index contributed by atoms with van der Waals surface area (Å²) in [6, 6.07) is 4.19. The van der Waals surface area contributed by atoms with Crippen LogP contribution in [0.3, 0.4) is 0 Å². The number of sulfonamides is 1. The summed E-state index contributed by atoms with van der Waals surface area (Å²) in [5.74, 6) is -1.60. The van der Waals surface area contributed by atoms with Crippen LogP contribution < -0.4 is 21.5 Å². The number of amides is 1. The van der Waals surface area contributed by atoms with Crippen LogP contribution in [0.25, 0.3) is 0 Å². The van der Waals surface area contributed by atoms with Crippen molar-refractivity contribution in [2.75, 3.05) is 13.7 Å². The lowest BCUT2D eigenvalue weighted by molar-refractivity contribution is -0.146. The van der Waals surface area contributed by atoms with E-state index in [0.717, 1.165) is 5.56 Å². The standard InChI is InChI=1S/C19H31N5O5S/c1-12(2)16(18(26)29-4)23-17(25)15(6-5-11-22-19(20)21)24-30(27,28)14-9-7-13(3)8-10-14/h7-10,12,15-16,24H,5-6,11H2,1-4H3,(H,23,25)(H4,20,21,22)/t15-,16-/m1/s1. The molecule has 0 aromatic heterocycles. The van der Waals surface area contributed by atoms with Gasteiger partial charge in [0, 0.05) is 6.54 Å². The van der Waals surface area contributed by atoms with Crippen molar-refractivity contribution in [1.82, 2.24) is 10.0 Å². The number of ether oxygens (including phenoxy) is 1. The van der Waals surface area contributed by atoms with Crippen molar-refractivity contribution in [3.8, 4) is 0 Å². The highest BCUT2D eigenvalue weighted by Gasteiger charge is 2.31. The number of carbonyl (C=O) groups excluding carboxylic acids is 2. The van der Waals surface area contributed by atoms with E-state index < -0.39 is 34.0 Å². The highest BCUT2D eigenvalue weighted by Crippen LogP contribution is 2.13. The summed E-state index contributed by atoms with van der Waals surface area (Å²) in [4.78, 5) is 28.7. The van der Waals surface area contributed by atoms with Crippen molar-refractivity contribution >= 4 is 27.9 Å². The smallest absolute Gasteiger partial charge is 0.328 e. The maximum Gasteiger partial charge on any atom is 0.328 e. The van der Waals surface area contributed by atoms with Crippen LogP contribution in [0.5, 0.6) is 0 Å². The molecular formula is C19H31N5O5S. The molecule has 0 aliphatic rings. The highest BCUT2D eigenvalue weighted by molar-refractivity contribution is 7.89. The molecule has 0 unspecified atom stereocenters. The van der Waals surface area contributed by atoms with Crippen molar-refractivity contribution < 1.29 is 22.7 Å². The molecule has 0 saturated carbocycles. The molecule has 0 aliphatic carbocycles. The molecule has 6 N–H and O–H groups in total. The Kier molecular flexibility index (Phi) is 9.73. The number of carbonyl (C=O) groups is 2. The van der Waals surface area contributed by atoms with Crippen molar-refractivity contribution in [3.63, 3.8) is 0 Å². The summed E-state index contributed by atoms with van der Waals surface area (Å²) < 4.78 is 32.7. The molecule has 10 nitrogen and oxygen atoms in total. The molecule has 1 aromatic rings. The first-order valence-corrected chi connectivity index (χ1v) is 11.0. The molecule has 11 heteroatoms. The number of methoxy groups -OCH3 is 1. The molecule has 0 aliphatic heterocycles. The number of nitrogens with zero attached hydrogens (tertiary/aromatic N) is 1. The SMILES string of the molecule is COC(=O)[C@H](NC(=O)[C@@H](CCCN=C(N)N)NS(=O)(=O)c1ccc(C)cc1)C(C)C. The van der Waals surface area contributed by atoms with E-state index in [2.05, 4.69) is 15.0 Å². The fraction of sp³-hybridized carbons (Fsp3) is 0.526. The summed E-state index contributed by atoms with van der Waals surface area (Å²) >= 11 is 0. The van der Waals surface area contributed by atoms with Gasteiger partial charge in [-0.15, -0.1) is 0 Å². The van der Waals surface area contributed by atoms with E-state index in [9.17, 15) is 18.0 Å². The van der Waals surface area contributed by atoms with E-state index in [0.29, 0.717) is 6.42 Å². The Morgan fingerprint density at radius 1 is 1.17 bits per heavy atom. The van der Waals surface area contributed by atoms with Gasteiger partial charge in [-0.25, -0.2) is 13.2 Å². The number of guanidine groups is 1. The molecule has 0 saturated heterocycles. The normalized spacial score (nSPS) is 13.4. The number of rotatable bonds is 11. The summed E-state index contributed by atoms with van der Waals surface area (Å²) in [6.07, 6.45) is 0.469. The van der Waals surface area contributed by atoms with Crippen LogP contribution in [0, 0.1) is 12.8 Å². The Hall–Kier alpha value is -2.66. The second kappa shape index (κ2) is 11.5. The number of aliphatic imine (C=N–C) groups is 1. The van der Waals surface area contributed by atoms with Crippen LogP contribution in [0.15, 0.2) is 34.2 Å². The third-order valence-corrected chi connectivity index (χ3v) is 5.80. The summed E-state index contributed by atoms with van der Waals surface area (Å²) in [5, 5.41) is 2.57. The average Bonchev–Trinajstić information content (AvgIpc) is 2.67. The minimum Gasteiger partial charge on any atom is -0.467 e. The molecule has 0 radical (unpaired) electrons. The Morgan fingerprint density at radius 2 is 1.77 bits per heavy atom. The maximum atomic E-state index is 12.8. The zero-order chi connectivity index (χ0) is 22.9. The molecule has 0 heterocycles. The Balaban J connectivity index is 3.05. The van der Waals surface area contributed by atoms with Crippen LogP contribution in [-0.4, -0.2) is 52.0 Å². The summed E-state index contributed by atoms with van der Waals surface area (Å²) in [7, 11) is -2.75. The van der Waals surface area contributed by atoms with Gasteiger partial charge in [-0.1, -0.05) is 31.5 Å². The lowest BCUT2D eigenvalue weighted by Crippen LogP contribution is -2.53. The quantitative estimate of drug-likeness (QED) is 0.162. The third kappa shape index (κ3) is 7.99. The van der Waals surface area contributed by atoms with Crippen molar-refractivity contribution in [2.45, 2.75) is 50.6 Å². The van der Waals surface area contributed by atoms with Crippen LogP contribution >= 0.6 is 0 Å². The van der Waals surface area contributed by atoms with E-state index >= 15 is 0 Å². The second-order valence-electron chi connectivity index (χ2n) is 7.19. The Labute approximate surface area is 177 Å².